The van der Waals surface area contributed by atoms with Gasteiger partial charge in [0.05, 0.1) is 31.4 Å². The van der Waals surface area contributed by atoms with Crippen LogP contribution in [0.25, 0.3) is 0 Å². The topological polar surface area (TPSA) is 103 Å². The number of nitrogens with zero attached hydrogens (tertiary/aromatic N) is 3. The average Bonchev–Trinajstić information content (AvgIpc) is 2.53. The molecule has 1 heterocycles. The fraction of sp³-hybridized carbons (Fsp3) is 0.333. The molecule has 1 unspecified atom stereocenters. The number of esters is 1. The van der Waals surface area contributed by atoms with Gasteiger partial charge in [-0.2, -0.15) is 10.5 Å². The zero-order chi connectivity index (χ0) is 16.8. The van der Waals surface area contributed by atoms with Gasteiger partial charge in [0.15, 0.2) is 5.54 Å². The van der Waals surface area contributed by atoms with Gasteiger partial charge in [0, 0.05) is 18.2 Å². The molecule has 0 aromatic heterocycles. The predicted molar refractivity (Wildman–Crippen MR) is 75.8 cm³/mol. The zero-order valence-electron chi connectivity index (χ0n) is 12.3. The summed E-state index contributed by atoms with van der Waals surface area (Å²) in [6.07, 6.45) is 3.01. The van der Waals surface area contributed by atoms with E-state index in [2.05, 4.69) is 11.3 Å². The van der Waals surface area contributed by atoms with Crippen molar-refractivity contribution in [2.75, 3.05) is 13.7 Å². The van der Waals surface area contributed by atoms with Gasteiger partial charge in [-0.3, -0.25) is 4.90 Å². The summed E-state index contributed by atoms with van der Waals surface area (Å²) in [7, 11) is 1.19. The highest BCUT2D eigenvalue weighted by atomic mass is 16.6. The molecule has 22 heavy (non-hydrogen) atoms. The Kier molecular flexibility index (Phi) is 5.48. The van der Waals surface area contributed by atoms with Crippen LogP contribution in [-0.4, -0.2) is 36.2 Å². The smallest absolute Gasteiger partial charge is 0.415 e. The minimum Gasteiger partial charge on any atom is -0.466 e. The van der Waals surface area contributed by atoms with E-state index < -0.39 is 17.6 Å². The minimum absolute atomic E-state index is 0.00203. The summed E-state index contributed by atoms with van der Waals surface area (Å²) in [4.78, 5) is 24.6. The van der Waals surface area contributed by atoms with Gasteiger partial charge < -0.3 is 9.47 Å². The lowest BCUT2D eigenvalue weighted by Gasteiger charge is -2.35. The van der Waals surface area contributed by atoms with E-state index in [1.807, 2.05) is 12.1 Å². The molecule has 1 atom stereocenters. The molecule has 0 saturated carbocycles. The molecule has 0 aromatic rings. The number of ether oxygens (including phenoxy) is 2. The minimum atomic E-state index is -1.57. The van der Waals surface area contributed by atoms with Crippen LogP contribution in [-0.2, 0) is 14.3 Å². The normalized spacial score (nSPS) is 19.5. The third-order valence-corrected chi connectivity index (χ3v) is 2.97. The molecular weight excluding hydrogens is 286 g/mol. The first-order valence-electron chi connectivity index (χ1n) is 6.38. The largest absolute Gasteiger partial charge is 0.466 e. The molecule has 1 amide bonds. The summed E-state index contributed by atoms with van der Waals surface area (Å²) in [5, 5.41) is 18.6. The third kappa shape index (κ3) is 3.33. The number of rotatable bonds is 4. The van der Waals surface area contributed by atoms with Crippen LogP contribution in [0.3, 0.4) is 0 Å². The van der Waals surface area contributed by atoms with E-state index in [1.54, 1.807) is 6.92 Å². The summed E-state index contributed by atoms with van der Waals surface area (Å²) < 4.78 is 9.46. The van der Waals surface area contributed by atoms with E-state index in [4.69, 9.17) is 10.00 Å². The summed E-state index contributed by atoms with van der Waals surface area (Å²) >= 11 is 0. The van der Waals surface area contributed by atoms with Gasteiger partial charge in [-0.15, -0.1) is 0 Å². The SMILES string of the molecule is C=C(CC1(C#N)C=C(C#N)C=CN1C(=O)OCC)C(=O)OC. The number of amides is 1. The van der Waals surface area contributed by atoms with E-state index in [9.17, 15) is 14.9 Å². The van der Waals surface area contributed by atoms with Gasteiger partial charge in [0.1, 0.15) is 0 Å². The van der Waals surface area contributed by atoms with Crippen molar-refractivity contribution in [1.29, 1.82) is 10.5 Å². The van der Waals surface area contributed by atoms with E-state index in [0.717, 1.165) is 4.90 Å². The Morgan fingerprint density at radius 2 is 2.14 bits per heavy atom. The lowest BCUT2D eigenvalue weighted by Crippen LogP contribution is -2.48. The van der Waals surface area contributed by atoms with Crippen LogP contribution in [0.1, 0.15) is 13.3 Å². The number of hydrogen-bond acceptors (Lipinski definition) is 6. The Morgan fingerprint density at radius 3 is 2.64 bits per heavy atom. The molecule has 0 radical (unpaired) electrons. The monoisotopic (exact) mass is 301 g/mol. The Bertz CT molecular complexity index is 636. The maximum absolute atomic E-state index is 12.0. The van der Waals surface area contributed by atoms with Gasteiger partial charge in [-0.25, -0.2) is 9.59 Å². The van der Waals surface area contributed by atoms with Crippen LogP contribution >= 0.6 is 0 Å². The molecule has 1 aliphatic rings. The molecule has 0 N–H and O–H groups in total. The zero-order valence-corrected chi connectivity index (χ0v) is 12.3. The first-order valence-corrected chi connectivity index (χ1v) is 6.38. The fourth-order valence-electron chi connectivity index (χ4n) is 1.95. The quantitative estimate of drug-likeness (QED) is 0.579. The van der Waals surface area contributed by atoms with Crippen LogP contribution in [0.2, 0.25) is 0 Å². The van der Waals surface area contributed by atoms with Gasteiger partial charge >= 0.3 is 12.1 Å². The number of hydrogen-bond donors (Lipinski definition) is 0. The molecule has 0 fully saturated rings. The molecule has 0 aliphatic carbocycles. The molecule has 0 aromatic carbocycles. The Balaban J connectivity index is 3.25. The molecule has 1 rings (SSSR count). The molecule has 114 valence electrons. The van der Waals surface area contributed by atoms with Crippen LogP contribution < -0.4 is 0 Å². The number of methoxy groups -OCH3 is 1. The third-order valence-electron chi connectivity index (χ3n) is 2.97. The second-order valence-electron chi connectivity index (χ2n) is 4.40. The highest BCUT2D eigenvalue weighted by Gasteiger charge is 2.42. The molecule has 7 nitrogen and oxygen atoms in total. The number of allylic oxidation sites excluding steroid dienone is 2. The standard InChI is InChI=1S/C15H15N3O4/c1-4-22-14(20)18-6-5-12(9-16)8-15(18,10-17)7-11(2)13(19)21-3/h5-6,8H,2,4,7H2,1,3H3. The van der Waals surface area contributed by atoms with E-state index in [0.29, 0.717) is 0 Å². The van der Waals surface area contributed by atoms with Crippen LogP contribution in [0.15, 0.2) is 36.1 Å². The van der Waals surface area contributed by atoms with E-state index >= 15 is 0 Å². The Labute approximate surface area is 128 Å². The van der Waals surface area contributed by atoms with Crippen LogP contribution in [0.4, 0.5) is 4.79 Å². The van der Waals surface area contributed by atoms with Crippen molar-refractivity contribution in [3.8, 4) is 12.1 Å². The van der Waals surface area contributed by atoms with Gasteiger partial charge in [0.25, 0.3) is 0 Å². The molecule has 7 heteroatoms. The molecule has 0 bridgehead atoms. The lowest BCUT2D eigenvalue weighted by molar-refractivity contribution is -0.136. The first kappa shape index (κ1) is 17.0. The summed E-state index contributed by atoms with van der Waals surface area (Å²) in [6.45, 7) is 5.31. The Hall–Kier alpha value is -3.06. The summed E-state index contributed by atoms with van der Waals surface area (Å²) in [6, 6.07) is 3.86. The van der Waals surface area contributed by atoms with Crippen molar-refractivity contribution in [3.05, 3.63) is 36.1 Å². The molecular formula is C15H15N3O4. The maximum Gasteiger partial charge on any atom is 0.415 e. The van der Waals surface area contributed by atoms with Gasteiger partial charge in [-0.05, 0) is 19.1 Å². The number of nitriles is 2. The summed E-state index contributed by atoms with van der Waals surface area (Å²) in [5.74, 6) is -0.695. The second kappa shape index (κ2) is 7.09. The average molecular weight is 301 g/mol. The van der Waals surface area contributed by atoms with E-state index in [-0.39, 0.29) is 24.2 Å². The summed E-state index contributed by atoms with van der Waals surface area (Å²) in [5.41, 5.74) is -1.38. The van der Waals surface area contributed by atoms with Gasteiger partial charge in [0.2, 0.25) is 0 Å². The highest BCUT2D eigenvalue weighted by molar-refractivity contribution is 5.88. The van der Waals surface area contributed by atoms with Crippen molar-refractivity contribution < 1.29 is 19.1 Å². The van der Waals surface area contributed by atoms with E-state index in [1.165, 1.54) is 25.5 Å². The number of carbonyl (C=O) groups excluding carboxylic acids is 2. The van der Waals surface area contributed by atoms with Crippen molar-refractivity contribution >= 4 is 12.1 Å². The number of carbonyl (C=O) groups is 2. The van der Waals surface area contributed by atoms with Crippen molar-refractivity contribution in [3.63, 3.8) is 0 Å². The van der Waals surface area contributed by atoms with Crippen LogP contribution in [0.5, 0.6) is 0 Å². The lowest BCUT2D eigenvalue weighted by atomic mass is 9.87. The highest BCUT2D eigenvalue weighted by Crippen LogP contribution is 2.31. The van der Waals surface area contributed by atoms with Crippen LogP contribution in [0, 0.1) is 22.7 Å². The predicted octanol–water partition coefficient (Wildman–Crippen LogP) is 1.80. The second-order valence-corrected chi connectivity index (χ2v) is 4.40. The fourth-order valence-corrected chi connectivity index (χ4v) is 1.95. The molecule has 0 saturated heterocycles. The van der Waals surface area contributed by atoms with Crippen molar-refractivity contribution in [2.24, 2.45) is 0 Å². The van der Waals surface area contributed by atoms with Crippen molar-refractivity contribution in [2.45, 2.75) is 18.9 Å². The first-order chi connectivity index (χ1) is 10.4. The van der Waals surface area contributed by atoms with Gasteiger partial charge in [-0.1, -0.05) is 6.58 Å². The molecule has 0 spiro atoms. The maximum atomic E-state index is 12.0. The Morgan fingerprint density at radius 1 is 1.45 bits per heavy atom. The molecule has 1 aliphatic heterocycles. The van der Waals surface area contributed by atoms with Crippen molar-refractivity contribution in [1.82, 2.24) is 4.90 Å².